The highest BCUT2D eigenvalue weighted by atomic mass is 16.5. The second-order valence-corrected chi connectivity index (χ2v) is 9.03. The number of benzene rings is 1. The standard InChI is InChI=1S/C24H35N3O5/c1-17(2)15-21(28)26-12-9-24(10-13-26)27(23(30)19-8-6-5-7-18(19)3)20(16-32-24)22(29)25-11-14-31-4/h5-8,17,20H,9-16H2,1-4H3,(H,25,29). The van der Waals surface area contributed by atoms with Crippen molar-refractivity contribution in [2.24, 2.45) is 5.92 Å². The van der Waals surface area contributed by atoms with Crippen molar-refractivity contribution in [1.29, 1.82) is 0 Å². The third kappa shape index (κ3) is 5.13. The lowest BCUT2D eigenvalue weighted by molar-refractivity contribution is -0.144. The van der Waals surface area contributed by atoms with E-state index in [1.54, 1.807) is 18.1 Å². The molecule has 2 heterocycles. The van der Waals surface area contributed by atoms with Gasteiger partial charge in [-0.25, -0.2) is 0 Å². The molecular formula is C24H35N3O5. The Morgan fingerprint density at radius 3 is 2.53 bits per heavy atom. The summed E-state index contributed by atoms with van der Waals surface area (Å²) in [5, 5.41) is 2.84. The zero-order chi connectivity index (χ0) is 23.3. The molecule has 176 valence electrons. The van der Waals surface area contributed by atoms with Gasteiger partial charge in [0.25, 0.3) is 5.91 Å². The molecule has 0 aromatic heterocycles. The summed E-state index contributed by atoms with van der Waals surface area (Å²) in [5.74, 6) is -0.0486. The van der Waals surface area contributed by atoms with Crippen molar-refractivity contribution in [3.63, 3.8) is 0 Å². The Morgan fingerprint density at radius 1 is 1.22 bits per heavy atom. The third-order valence-electron chi connectivity index (χ3n) is 6.24. The maximum Gasteiger partial charge on any atom is 0.257 e. The van der Waals surface area contributed by atoms with Gasteiger partial charge in [-0.15, -0.1) is 0 Å². The van der Waals surface area contributed by atoms with E-state index in [1.807, 2.05) is 43.9 Å². The molecule has 0 aliphatic carbocycles. The Morgan fingerprint density at radius 2 is 1.91 bits per heavy atom. The van der Waals surface area contributed by atoms with Gasteiger partial charge < -0.3 is 19.7 Å². The first-order valence-corrected chi connectivity index (χ1v) is 11.4. The van der Waals surface area contributed by atoms with Crippen LogP contribution in [-0.4, -0.2) is 79.2 Å². The van der Waals surface area contributed by atoms with E-state index in [9.17, 15) is 14.4 Å². The van der Waals surface area contributed by atoms with E-state index in [1.165, 1.54) is 0 Å². The fourth-order valence-electron chi connectivity index (χ4n) is 4.49. The van der Waals surface area contributed by atoms with Crippen molar-refractivity contribution in [3.8, 4) is 0 Å². The quantitative estimate of drug-likeness (QED) is 0.649. The number of carbonyl (C=O) groups excluding carboxylic acids is 3. The molecule has 2 saturated heterocycles. The van der Waals surface area contributed by atoms with Crippen LogP contribution in [0.15, 0.2) is 24.3 Å². The summed E-state index contributed by atoms with van der Waals surface area (Å²) in [7, 11) is 1.57. The highest BCUT2D eigenvalue weighted by Crippen LogP contribution is 2.39. The molecule has 0 bridgehead atoms. The van der Waals surface area contributed by atoms with Crippen LogP contribution >= 0.6 is 0 Å². The number of amides is 3. The summed E-state index contributed by atoms with van der Waals surface area (Å²) in [5.41, 5.74) is 0.519. The summed E-state index contributed by atoms with van der Waals surface area (Å²) < 4.78 is 11.2. The number of methoxy groups -OCH3 is 1. The zero-order valence-corrected chi connectivity index (χ0v) is 19.6. The van der Waals surface area contributed by atoms with Crippen LogP contribution in [0.2, 0.25) is 0 Å². The molecule has 1 aromatic carbocycles. The molecule has 2 fully saturated rings. The molecule has 3 rings (SSSR count). The monoisotopic (exact) mass is 445 g/mol. The molecule has 1 unspecified atom stereocenters. The molecule has 2 aliphatic rings. The molecule has 2 aliphatic heterocycles. The second-order valence-electron chi connectivity index (χ2n) is 9.03. The summed E-state index contributed by atoms with van der Waals surface area (Å²) >= 11 is 0. The van der Waals surface area contributed by atoms with E-state index in [0.29, 0.717) is 57.0 Å². The Balaban J connectivity index is 1.83. The molecule has 1 N–H and O–H groups in total. The van der Waals surface area contributed by atoms with Gasteiger partial charge in [0.2, 0.25) is 11.8 Å². The second kappa shape index (κ2) is 10.4. The molecule has 0 saturated carbocycles. The minimum absolute atomic E-state index is 0.124. The zero-order valence-electron chi connectivity index (χ0n) is 19.6. The van der Waals surface area contributed by atoms with Crippen LogP contribution in [0.4, 0.5) is 0 Å². The van der Waals surface area contributed by atoms with E-state index >= 15 is 0 Å². The molecule has 8 nitrogen and oxygen atoms in total. The maximum absolute atomic E-state index is 13.7. The molecule has 1 atom stereocenters. The van der Waals surface area contributed by atoms with Gasteiger partial charge in [0.15, 0.2) is 0 Å². The number of rotatable bonds is 7. The van der Waals surface area contributed by atoms with E-state index in [2.05, 4.69) is 5.32 Å². The van der Waals surface area contributed by atoms with Crippen molar-refractivity contribution in [2.45, 2.75) is 51.8 Å². The van der Waals surface area contributed by atoms with Gasteiger partial charge in [-0.2, -0.15) is 0 Å². The lowest BCUT2D eigenvalue weighted by atomic mass is 9.95. The first-order chi connectivity index (χ1) is 15.3. The average molecular weight is 446 g/mol. The lowest BCUT2D eigenvalue weighted by Crippen LogP contribution is -2.60. The topological polar surface area (TPSA) is 88.2 Å². The fraction of sp³-hybridized carbons (Fsp3) is 0.625. The Hall–Kier alpha value is -2.45. The van der Waals surface area contributed by atoms with Crippen molar-refractivity contribution < 1.29 is 23.9 Å². The smallest absolute Gasteiger partial charge is 0.257 e. The number of likely N-dealkylation sites (tertiary alicyclic amines) is 1. The number of nitrogens with zero attached hydrogens (tertiary/aromatic N) is 2. The molecule has 8 heteroatoms. The van der Waals surface area contributed by atoms with Gasteiger partial charge in [-0.05, 0) is 24.5 Å². The van der Waals surface area contributed by atoms with Gasteiger partial charge in [0, 0.05) is 51.6 Å². The SMILES string of the molecule is COCCNC(=O)C1COC2(CCN(C(=O)CC(C)C)CC2)N1C(=O)c1ccccc1C. The largest absolute Gasteiger partial charge is 0.383 e. The van der Waals surface area contributed by atoms with Crippen molar-refractivity contribution in [1.82, 2.24) is 15.1 Å². The summed E-state index contributed by atoms with van der Waals surface area (Å²) in [4.78, 5) is 42.7. The average Bonchev–Trinajstić information content (AvgIpc) is 3.12. The molecule has 3 amide bonds. The number of piperidine rings is 1. The minimum atomic E-state index is -0.892. The van der Waals surface area contributed by atoms with Gasteiger partial charge in [0.05, 0.1) is 13.2 Å². The van der Waals surface area contributed by atoms with E-state index in [0.717, 1.165) is 5.56 Å². The molecular weight excluding hydrogens is 410 g/mol. The van der Waals surface area contributed by atoms with Gasteiger partial charge in [-0.3, -0.25) is 19.3 Å². The van der Waals surface area contributed by atoms with Crippen LogP contribution in [-0.2, 0) is 19.1 Å². The normalized spacial score (nSPS) is 20.1. The summed E-state index contributed by atoms with van der Waals surface area (Å²) in [6, 6.07) is 6.65. The van der Waals surface area contributed by atoms with Crippen molar-refractivity contribution >= 4 is 17.7 Å². The summed E-state index contributed by atoms with van der Waals surface area (Å²) in [6.07, 6.45) is 1.47. The highest BCUT2D eigenvalue weighted by Gasteiger charge is 2.54. The third-order valence-corrected chi connectivity index (χ3v) is 6.24. The fourth-order valence-corrected chi connectivity index (χ4v) is 4.49. The summed E-state index contributed by atoms with van der Waals surface area (Å²) in [6.45, 7) is 7.83. The Labute approximate surface area is 190 Å². The Kier molecular flexibility index (Phi) is 7.90. The first-order valence-electron chi connectivity index (χ1n) is 11.4. The van der Waals surface area contributed by atoms with Crippen LogP contribution in [0.3, 0.4) is 0 Å². The first kappa shape index (κ1) is 24.2. The van der Waals surface area contributed by atoms with Gasteiger partial charge >= 0.3 is 0 Å². The van der Waals surface area contributed by atoms with E-state index in [4.69, 9.17) is 9.47 Å². The lowest BCUT2D eigenvalue weighted by Gasteiger charge is -2.44. The van der Waals surface area contributed by atoms with Gasteiger partial charge in [0.1, 0.15) is 11.8 Å². The highest BCUT2D eigenvalue weighted by molar-refractivity contribution is 5.99. The number of nitrogens with one attached hydrogen (secondary N) is 1. The number of aryl methyl sites for hydroxylation is 1. The predicted octanol–water partition coefficient (Wildman–Crippen LogP) is 1.96. The minimum Gasteiger partial charge on any atom is -0.383 e. The predicted molar refractivity (Wildman–Crippen MR) is 120 cm³/mol. The number of hydrogen-bond donors (Lipinski definition) is 1. The number of hydrogen-bond acceptors (Lipinski definition) is 5. The number of carbonyl (C=O) groups is 3. The van der Waals surface area contributed by atoms with Crippen LogP contribution in [0, 0.1) is 12.8 Å². The van der Waals surface area contributed by atoms with Gasteiger partial charge in [-0.1, -0.05) is 32.0 Å². The maximum atomic E-state index is 13.7. The van der Waals surface area contributed by atoms with Crippen LogP contribution < -0.4 is 5.32 Å². The molecule has 0 radical (unpaired) electrons. The molecule has 1 spiro atoms. The number of ether oxygens (including phenoxy) is 2. The van der Waals surface area contributed by atoms with Crippen LogP contribution in [0.5, 0.6) is 0 Å². The van der Waals surface area contributed by atoms with Crippen LogP contribution in [0.25, 0.3) is 0 Å². The Bertz CT molecular complexity index is 833. The van der Waals surface area contributed by atoms with Crippen molar-refractivity contribution in [2.75, 3.05) is 40.0 Å². The van der Waals surface area contributed by atoms with E-state index < -0.39 is 11.8 Å². The van der Waals surface area contributed by atoms with Crippen LogP contribution in [0.1, 0.15) is 49.0 Å². The molecule has 1 aromatic rings. The molecule has 32 heavy (non-hydrogen) atoms. The van der Waals surface area contributed by atoms with E-state index in [-0.39, 0.29) is 24.3 Å². The van der Waals surface area contributed by atoms with Crippen molar-refractivity contribution in [3.05, 3.63) is 35.4 Å².